The fourth-order valence-corrected chi connectivity index (χ4v) is 3.06. The molecule has 0 aliphatic carbocycles. The van der Waals surface area contributed by atoms with E-state index in [0.717, 1.165) is 0 Å². The zero-order valence-corrected chi connectivity index (χ0v) is 13.8. The van der Waals surface area contributed by atoms with Gasteiger partial charge in [0, 0.05) is 38.0 Å². The van der Waals surface area contributed by atoms with Crippen molar-refractivity contribution in [2.45, 2.75) is 6.42 Å². The first-order valence-electron chi connectivity index (χ1n) is 8.10. The van der Waals surface area contributed by atoms with Crippen LogP contribution in [0.5, 0.6) is 11.5 Å². The fraction of sp³-hybridized carbons (Fsp3) is 0.353. The number of aromatic nitrogens is 2. The molecule has 2 aliphatic rings. The highest BCUT2D eigenvalue weighted by molar-refractivity contribution is 6.03. The molecule has 8 heteroatoms. The molecule has 4 rings (SSSR count). The molecule has 2 amide bonds. The molecule has 130 valence electrons. The molecule has 0 saturated carbocycles. The standard InChI is InChI=1S/C17H18N4O4/c1-20-10-12(8-18-20)19-17(23)11-6-16(22)21(9-11)13-2-3-14-15(7-13)25-5-4-24-14/h2-3,7-8,10-11H,4-6,9H2,1H3,(H,19,23)/t11-/m0/s1. The van der Waals surface area contributed by atoms with E-state index in [1.165, 1.54) is 0 Å². The highest BCUT2D eigenvalue weighted by Gasteiger charge is 2.35. The number of nitrogens with zero attached hydrogens (tertiary/aromatic N) is 3. The maximum atomic E-state index is 12.4. The van der Waals surface area contributed by atoms with Crippen LogP contribution in [0.3, 0.4) is 0 Å². The Bertz CT molecular complexity index is 832. The van der Waals surface area contributed by atoms with Gasteiger partial charge in [-0.3, -0.25) is 14.3 Å². The van der Waals surface area contributed by atoms with Crippen LogP contribution in [0.2, 0.25) is 0 Å². The van der Waals surface area contributed by atoms with Crippen LogP contribution in [0.15, 0.2) is 30.6 Å². The van der Waals surface area contributed by atoms with Gasteiger partial charge in [0.15, 0.2) is 11.5 Å². The summed E-state index contributed by atoms with van der Waals surface area (Å²) in [4.78, 5) is 26.4. The molecule has 0 spiro atoms. The Labute approximate surface area is 144 Å². The smallest absolute Gasteiger partial charge is 0.229 e. The number of hydrogen-bond acceptors (Lipinski definition) is 5. The normalized spacial score (nSPS) is 19.2. The number of aryl methyl sites for hydroxylation is 1. The number of fused-ring (bicyclic) bond motifs is 1. The van der Waals surface area contributed by atoms with Crippen LogP contribution >= 0.6 is 0 Å². The molecule has 1 saturated heterocycles. The maximum Gasteiger partial charge on any atom is 0.229 e. The lowest BCUT2D eigenvalue weighted by Crippen LogP contribution is -2.28. The fourth-order valence-electron chi connectivity index (χ4n) is 3.06. The summed E-state index contributed by atoms with van der Waals surface area (Å²) in [7, 11) is 1.78. The minimum absolute atomic E-state index is 0.0805. The van der Waals surface area contributed by atoms with E-state index in [0.29, 0.717) is 42.6 Å². The summed E-state index contributed by atoms with van der Waals surface area (Å²) in [6.07, 6.45) is 3.47. The van der Waals surface area contributed by atoms with Gasteiger partial charge in [-0.1, -0.05) is 0 Å². The highest BCUT2D eigenvalue weighted by Crippen LogP contribution is 2.36. The van der Waals surface area contributed by atoms with E-state index < -0.39 is 5.92 Å². The molecule has 0 radical (unpaired) electrons. The number of rotatable bonds is 3. The molecular formula is C17H18N4O4. The van der Waals surface area contributed by atoms with Crippen molar-refractivity contribution >= 4 is 23.2 Å². The van der Waals surface area contributed by atoms with Crippen LogP contribution in [-0.4, -0.2) is 41.4 Å². The molecule has 3 heterocycles. The summed E-state index contributed by atoms with van der Waals surface area (Å²) in [5, 5.41) is 6.81. The van der Waals surface area contributed by atoms with Gasteiger partial charge in [0.1, 0.15) is 13.2 Å². The van der Waals surface area contributed by atoms with Gasteiger partial charge in [0.2, 0.25) is 11.8 Å². The van der Waals surface area contributed by atoms with Crippen molar-refractivity contribution in [1.29, 1.82) is 0 Å². The summed E-state index contributed by atoms with van der Waals surface area (Å²) >= 11 is 0. The van der Waals surface area contributed by atoms with E-state index in [-0.39, 0.29) is 18.2 Å². The lowest BCUT2D eigenvalue weighted by molar-refractivity contribution is -0.122. The topological polar surface area (TPSA) is 85.7 Å². The van der Waals surface area contributed by atoms with Crippen molar-refractivity contribution in [3.8, 4) is 11.5 Å². The van der Waals surface area contributed by atoms with Crippen molar-refractivity contribution in [2.24, 2.45) is 13.0 Å². The zero-order chi connectivity index (χ0) is 17.4. The number of nitrogens with one attached hydrogen (secondary N) is 1. The van der Waals surface area contributed by atoms with Crippen molar-refractivity contribution < 1.29 is 19.1 Å². The maximum absolute atomic E-state index is 12.4. The molecule has 0 bridgehead atoms. The van der Waals surface area contributed by atoms with Gasteiger partial charge >= 0.3 is 0 Å². The predicted octanol–water partition coefficient (Wildman–Crippen LogP) is 1.18. The van der Waals surface area contributed by atoms with Gasteiger partial charge in [-0.2, -0.15) is 5.10 Å². The number of amides is 2. The van der Waals surface area contributed by atoms with Crippen LogP contribution in [0.25, 0.3) is 0 Å². The first kappa shape index (κ1) is 15.5. The van der Waals surface area contributed by atoms with E-state index in [9.17, 15) is 9.59 Å². The van der Waals surface area contributed by atoms with Gasteiger partial charge in [0.05, 0.1) is 17.8 Å². The van der Waals surface area contributed by atoms with Crippen LogP contribution in [0.4, 0.5) is 11.4 Å². The minimum Gasteiger partial charge on any atom is -0.486 e. The average Bonchev–Trinajstić information content (AvgIpc) is 3.20. The molecule has 1 N–H and O–H groups in total. The van der Waals surface area contributed by atoms with Crippen molar-refractivity contribution in [1.82, 2.24) is 9.78 Å². The first-order valence-corrected chi connectivity index (χ1v) is 8.10. The summed E-state index contributed by atoms with van der Waals surface area (Å²) in [5.41, 5.74) is 1.34. The van der Waals surface area contributed by atoms with Gasteiger partial charge in [0.25, 0.3) is 0 Å². The zero-order valence-electron chi connectivity index (χ0n) is 13.8. The highest BCUT2D eigenvalue weighted by atomic mass is 16.6. The van der Waals surface area contributed by atoms with Gasteiger partial charge in [-0.15, -0.1) is 0 Å². The molecule has 1 aromatic heterocycles. The number of carbonyl (C=O) groups is 2. The Morgan fingerprint density at radius 1 is 1.28 bits per heavy atom. The first-order chi connectivity index (χ1) is 12.1. The van der Waals surface area contributed by atoms with Gasteiger partial charge in [-0.25, -0.2) is 0 Å². The van der Waals surface area contributed by atoms with E-state index >= 15 is 0 Å². The summed E-state index contributed by atoms with van der Waals surface area (Å²) in [5.74, 6) is 0.637. The summed E-state index contributed by atoms with van der Waals surface area (Å²) in [6, 6.07) is 5.39. The van der Waals surface area contributed by atoms with Crippen molar-refractivity contribution in [3.63, 3.8) is 0 Å². The number of hydrogen-bond donors (Lipinski definition) is 1. The van der Waals surface area contributed by atoms with E-state index in [1.807, 2.05) is 6.07 Å². The third kappa shape index (κ3) is 3.02. The minimum atomic E-state index is -0.402. The molecule has 1 aromatic carbocycles. The molecule has 1 atom stereocenters. The van der Waals surface area contributed by atoms with Crippen LogP contribution in [-0.2, 0) is 16.6 Å². The lowest BCUT2D eigenvalue weighted by atomic mass is 10.1. The van der Waals surface area contributed by atoms with E-state index in [2.05, 4.69) is 10.4 Å². The quantitative estimate of drug-likeness (QED) is 0.905. The third-order valence-electron chi connectivity index (χ3n) is 4.31. The number of ether oxygens (including phenoxy) is 2. The second-order valence-electron chi connectivity index (χ2n) is 6.13. The molecule has 2 aromatic rings. The predicted molar refractivity (Wildman–Crippen MR) is 89.7 cm³/mol. The average molecular weight is 342 g/mol. The summed E-state index contributed by atoms with van der Waals surface area (Å²) in [6.45, 7) is 1.34. The molecule has 2 aliphatic heterocycles. The lowest BCUT2D eigenvalue weighted by Gasteiger charge is -2.22. The van der Waals surface area contributed by atoms with Crippen LogP contribution in [0.1, 0.15) is 6.42 Å². The largest absolute Gasteiger partial charge is 0.486 e. The molecule has 25 heavy (non-hydrogen) atoms. The Morgan fingerprint density at radius 3 is 2.84 bits per heavy atom. The molecule has 8 nitrogen and oxygen atoms in total. The van der Waals surface area contributed by atoms with Gasteiger partial charge in [-0.05, 0) is 12.1 Å². The second-order valence-corrected chi connectivity index (χ2v) is 6.13. The van der Waals surface area contributed by atoms with Gasteiger partial charge < -0.3 is 19.7 Å². The Kier molecular flexibility index (Phi) is 3.79. The van der Waals surface area contributed by atoms with Crippen molar-refractivity contribution in [2.75, 3.05) is 30.0 Å². The van der Waals surface area contributed by atoms with Crippen molar-refractivity contribution in [3.05, 3.63) is 30.6 Å². The molecule has 0 unspecified atom stereocenters. The van der Waals surface area contributed by atoms with E-state index in [4.69, 9.17) is 9.47 Å². The Balaban J connectivity index is 1.47. The third-order valence-corrected chi connectivity index (χ3v) is 4.31. The number of carbonyl (C=O) groups excluding carboxylic acids is 2. The second kappa shape index (κ2) is 6.12. The molecule has 1 fully saturated rings. The number of anilines is 2. The molecular weight excluding hydrogens is 324 g/mol. The Morgan fingerprint density at radius 2 is 2.08 bits per heavy atom. The van der Waals surface area contributed by atoms with Crippen LogP contribution in [0, 0.1) is 5.92 Å². The monoisotopic (exact) mass is 342 g/mol. The Hall–Kier alpha value is -3.03. The van der Waals surface area contributed by atoms with Crippen LogP contribution < -0.4 is 19.7 Å². The number of benzene rings is 1. The van der Waals surface area contributed by atoms with E-state index in [1.54, 1.807) is 41.2 Å². The SMILES string of the molecule is Cn1cc(NC(=O)[C@H]2CC(=O)N(c3ccc4c(c3)OCCO4)C2)cn1. The summed E-state index contributed by atoms with van der Waals surface area (Å²) < 4.78 is 12.7.